The predicted octanol–water partition coefficient (Wildman–Crippen LogP) is 3.06. The molecule has 1 fully saturated rings. The number of carboxylic acid groups (broad SMARTS) is 1. The van der Waals surface area contributed by atoms with E-state index in [9.17, 15) is 14.7 Å². The summed E-state index contributed by atoms with van der Waals surface area (Å²) < 4.78 is 11.0. The highest BCUT2D eigenvalue weighted by Gasteiger charge is 2.19. The van der Waals surface area contributed by atoms with Crippen molar-refractivity contribution in [3.63, 3.8) is 0 Å². The van der Waals surface area contributed by atoms with Crippen molar-refractivity contribution in [3.05, 3.63) is 48.0 Å². The van der Waals surface area contributed by atoms with Crippen LogP contribution in [0.3, 0.4) is 0 Å². The predicted molar refractivity (Wildman–Crippen MR) is 101 cm³/mol. The van der Waals surface area contributed by atoms with Gasteiger partial charge in [-0.1, -0.05) is 36.4 Å². The second-order valence-electron chi connectivity index (χ2n) is 6.78. The van der Waals surface area contributed by atoms with E-state index >= 15 is 0 Å². The number of hydrogen-bond acceptors (Lipinski definition) is 4. The molecule has 0 spiro atoms. The quantitative estimate of drug-likeness (QED) is 0.662. The molecule has 2 atom stereocenters. The Bertz CT molecular complexity index is 785. The van der Waals surface area contributed by atoms with Gasteiger partial charge in [0.25, 0.3) is 0 Å². The molecule has 6 heteroatoms. The zero-order chi connectivity index (χ0) is 19.1. The highest BCUT2D eigenvalue weighted by molar-refractivity contribution is 5.84. The first-order valence-corrected chi connectivity index (χ1v) is 9.31. The average Bonchev–Trinajstić information content (AvgIpc) is 3.17. The standard InChI is InChI=1S/C21H25NO5/c23-20(9-11-26-14-18-6-3-10-27-18)22-19(13-21(24)25)17-8-7-15-4-1-2-5-16(15)12-17/h1-2,4-5,7-8,12,18-19H,3,6,9-11,13-14H2,(H,22,23)(H,24,25)/t18?,19-/m0/s1. The lowest BCUT2D eigenvalue weighted by atomic mass is 9.99. The fraction of sp³-hybridized carbons (Fsp3) is 0.429. The molecule has 0 aromatic heterocycles. The van der Waals surface area contributed by atoms with Gasteiger partial charge in [-0.25, -0.2) is 0 Å². The fourth-order valence-electron chi connectivity index (χ4n) is 3.27. The molecule has 2 N–H and O–H groups in total. The van der Waals surface area contributed by atoms with E-state index in [2.05, 4.69) is 5.32 Å². The summed E-state index contributed by atoms with van der Waals surface area (Å²) in [5.74, 6) is -1.18. The normalized spacial score (nSPS) is 17.7. The maximum Gasteiger partial charge on any atom is 0.305 e. The van der Waals surface area contributed by atoms with E-state index in [1.807, 2.05) is 42.5 Å². The van der Waals surface area contributed by atoms with E-state index in [1.165, 1.54) is 0 Å². The van der Waals surface area contributed by atoms with Gasteiger partial charge in [0, 0.05) is 13.0 Å². The second-order valence-corrected chi connectivity index (χ2v) is 6.78. The summed E-state index contributed by atoms with van der Waals surface area (Å²) in [4.78, 5) is 23.5. The van der Waals surface area contributed by atoms with Crippen LogP contribution in [-0.2, 0) is 19.1 Å². The van der Waals surface area contributed by atoms with Crippen LogP contribution in [0.15, 0.2) is 42.5 Å². The smallest absolute Gasteiger partial charge is 0.305 e. The van der Waals surface area contributed by atoms with Gasteiger partial charge in [0.05, 0.1) is 31.8 Å². The SMILES string of the molecule is O=C(O)C[C@H](NC(=O)CCOCC1CCCO1)c1ccc2ccccc2c1. The third-order valence-corrected chi connectivity index (χ3v) is 4.69. The maximum atomic E-state index is 12.3. The second kappa shape index (κ2) is 9.48. The lowest BCUT2D eigenvalue weighted by molar-refractivity contribution is -0.137. The highest BCUT2D eigenvalue weighted by atomic mass is 16.5. The van der Waals surface area contributed by atoms with Gasteiger partial charge in [-0.2, -0.15) is 0 Å². The Morgan fingerprint density at radius 1 is 1.22 bits per heavy atom. The van der Waals surface area contributed by atoms with Gasteiger partial charge in [0.2, 0.25) is 5.91 Å². The Hall–Kier alpha value is -2.44. The molecule has 0 radical (unpaired) electrons. The number of rotatable bonds is 9. The van der Waals surface area contributed by atoms with Crippen LogP contribution in [0, 0.1) is 0 Å². The molecule has 1 aliphatic heterocycles. The zero-order valence-corrected chi connectivity index (χ0v) is 15.2. The lowest BCUT2D eigenvalue weighted by Crippen LogP contribution is -2.31. The van der Waals surface area contributed by atoms with Gasteiger partial charge in [-0.05, 0) is 35.2 Å². The van der Waals surface area contributed by atoms with Crippen LogP contribution in [0.5, 0.6) is 0 Å². The summed E-state index contributed by atoms with van der Waals surface area (Å²) in [6, 6.07) is 13.0. The summed E-state index contributed by atoms with van der Waals surface area (Å²) >= 11 is 0. The molecule has 3 rings (SSSR count). The van der Waals surface area contributed by atoms with Crippen molar-refractivity contribution in [2.24, 2.45) is 0 Å². The third kappa shape index (κ3) is 5.77. The number of carboxylic acids is 1. The molecular formula is C21H25NO5. The Balaban J connectivity index is 1.56. The molecule has 1 aliphatic rings. The van der Waals surface area contributed by atoms with E-state index in [1.54, 1.807) is 0 Å². The number of nitrogens with one attached hydrogen (secondary N) is 1. The number of ether oxygens (including phenoxy) is 2. The number of carbonyl (C=O) groups is 2. The fourth-order valence-corrected chi connectivity index (χ4v) is 3.27. The molecule has 2 aromatic rings. The molecule has 1 saturated heterocycles. The summed E-state index contributed by atoms with van der Waals surface area (Å²) in [5, 5.41) is 14.1. The van der Waals surface area contributed by atoms with Crippen molar-refractivity contribution in [1.29, 1.82) is 0 Å². The van der Waals surface area contributed by atoms with Crippen LogP contribution in [-0.4, -0.2) is 42.9 Å². The number of aliphatic carboxylic acids is 1. The monoisotopic (exact) mass is 371 g/mol. The number of carbonyl (C=O) groups excluding carboxylic acids is 1. The first-order chi connectivity index (χ1) is 13.1. The Kier molecular flexibility index (Phi) is 6.79. The lowest BCUT2D eigenvalue weighted by Gasteiger charge is -2.18. The van der Waals surface area contributed by atoms with Crippen LogP contribution in [0.2, 0.25) is 0 Å². The van der Waals surface area contributed by atoms with Crippen LogP contribution in [0.25, 0.3) is 10.8 Å². The van der Waals surface area contributed by atoms with E-state index < -0.39 is 12.0 Å². The summed E-state index contributed by atoms with van der Waals surface area (Å²) in [6.07, 6.45) is 2.20. The van der Waals surface area contributed by atoms with Crippen LogP contribution >= 0.6 is 0 Å². The minimum atomic E-state index is -0.955. The Morgan fingerprint density at radius 3 is 2.78 bits per heavy atom. The summed E-state index contributed by atoms with van der Waals surface area (Å²) in [7, 11) is 0. The molecule has 0 aliphatic carbocycles. The van der Waals surface area contributed by atoms with E-state index in [0.29, 0.717) is 13.2 Å². The van der Waals surface area contributed by atoms with Crippen molar-refractivity contribution in [2.75, 3.05) is 19.8 Å². The number of hydrogen-bond donors (Lipinski definition) is 2. The summed E-state index contributed by atoms with van der Waals surface area (Å²) in [5.41, 5.74) is 0.782. The molecule has 0 bridgehead atoms. The maximum absolute atomic E-state index is 12.3. The number of fused-ring (bicyclic) bond motifs is 1. The molecule has 2 aromatic carbocycles. The number of amides is 1. The van der Waals surface area contributed by atoms with Crippen molar-refractivity contribution in [2.45, 2.75) is 37.8 Å². The van der Waals surface area contributed by atoms with Crippen molar-refractivity contribution in [3.8, 4) is 0 Å². The van der Waals surface area contributed by atoms with E-state index in [-0.39, 0.29) is 24.9 Å². The molecule has 144 valence electrons. The average molecular weight is 371 g/mol. The Morgan fingerprint density at radius 2 is 2.04 bits per heavy atom. The van der Waals surface area contributed by atoms with Gasteiger partial charge in [0.1, 0.15) is 0 Å². The molecule has 1 unspecified atom stereocenters. The van der Waals surface area contributed by atoms with Gasteiger partial charge in [-0.15, -0.1) is 0 Å². The van der Waals surface area contributed by atoms with Gasteiger partial charge in [-0.3, -0.25) is 9.59 Å². The highest BCUT2D eigenvalue weighted by Crippen LogP contribution is 2.23. The largest absolute Gasteiger partial charge is 0.481 e. The minimum absolute atomic E-state index is 0.130. The molecule has 1 heterocycles. The van der Waals surface area contributed by atoms with Crippen LogP contribution in [0.1, 0.15) is 37.3 Å². The first-order valence-electron chi connectivity index (χ1n) is 9.31. The minimum Gasteiger partial charge on any atom is -0.481 e. The van der Waals surface area contributed by atoms with Crippen LogP contribution < -0.4 is 5.32 Å². The molecular weight excluding hydrogens is 346 g/mol. The van der Waals surface area contributed by atoms with E-state index in [0.717, 1.165) is 35.8 Å². The van der Waals surface area contributed by atoms with Crippen molar-refractivity contribution < 1.29 is 24.2 Å². The molecule has 6 nitrogen and oxygen atoms in total. The third-order valence-electron chi connectivity index (χ3n) is 4.69. The van der Waals surface area contributed by atoms with Gasteiger partial charge >= 0.3 is 5.97 Å². The van der Waals surface area contributed by atoms with Crippen molar-refractivity contribution >= 4 is 22.6 Å². The van der Waals surface area contributed by atoms with E-state index in [4.69, 9.17) is 9.47 Å². The first kappa shape index (κ1) is 19.3. The Labute approximate surface area is 158 Å². The molecule has 0 saturated carbocycles. The zero-order valence-electron chi connectivity index (χ0n) is 15.2. The van der Waals surface area contributed by atoms with Crippen LogP contribution in [0.4, 0.5) is 0 Å². The van der Waals surface area contributed by atoms with Gasteiger partial charge < -0.3 is 19.9 Å². The van der Waals surface area contributed by atoms with Crippen molar-refractivity contribution in [1.82, 2.24) is 5.32 Å². The summed E-state index contributed by atoms with van der Waals surface area (Å²) in [6.45, 7) is 1.57. The van der Waals surface area contributed by atoms with Gasteiger partial charge in [0.15, 0.2) is 0 Å². The number of benzene rings is 2. The molecule has 1 amide bonds. The molecule has 27 heavy (non-hydrogen) atoms. The topological polar surface area (TPSA) is 84.9 Å².